The van der Waals surface area contributed by atoms with Crippen molar-refractivity contribution >= 4 is 16.9 Å². The van der Waals surface area contributed by atoms with Crippen LogP contribution in [0.2, 0.25) is 0 Å². The van der Waals surface area contributed by atoms with Crippen molar-refractivity contribution < 1.29 is 9.53 Å². The van der Waals surface area contributed by atoms with Gasteiger partial charge in [-0.2, -0.15) is 0 Å². The van der Waals surface area contributed by atoms with E-state index in [0.29, 0.717) is 24.1 Å². The first-order valence-corrected chi connectivity index (χ1v) is 7.42. The van der Waals surface area contributed by atoms with Crippen LogP contribution in [-0.2, 0) is 16.1 Å². The molecule has 0 bridgehead atoms. The van der Waals surface area contributed by atoms with Crippen molar-refractivity contribution in [3.8, 4) is 0 Å². The normalized spacial score (nSPS) is 22.0. The van der Waals surface area contributed by atoms with Crippen molar-refractivity contribution in [1.82, 2.24) is 14.5 Å². The Balaban J connectivity index is 1.88. The lowest BCUT2D eigenvalue weighted by Crippen LogP contribution is -2.49. The molecule has 2 atom stereocenters. The molecule has 0 unspecified atom stereocenters. The van der Waals surface area contributed by atoms with Crippen LogP contribution in [0, 0.1) is 0 Å². The Hall–Kier alpha value is -2.21. The number of morpholine rings is 1. The third-order valence-electron chi connectivity index (χ3n) is 3.82. The first-order valence-electron chi connectivity index (χ1n) is 7.42. The fourth-order valence-corrected chi connectivity index (χ4v) is 2.89. The van der Waals surface area contributed by atoms with Gasteiger partial charge in [-0.3, -0.25) is 14.2 Å². The van der Waals surface area contributed by atoms with E-state index in [-0.39, 0.29) is 30.2 Å². The van der Waals surface area contributed by atoms with E-state index in [9.17, 15) is 9.59 Å². The monoisotopic (exact) mass is 301 g/mol. The number of nitrogens with zero attached hydrogens (tertiary/aromatic N) is 3. The molecule has 3 rings (SSSR count). The Morgan fingerprint density at radius 1 is 1.27 bits per heavy atom. The second-order valence-corrected chi connectivity index (χ2v) is 5.73. The minimum Gasteiger partial charge on any atom is -0.372 e. The van der Waals surface area contributed by atoms with E-state index in [1.807, 2.05) is 38.1 Å². The lowest BCUT2D eigenvalue weighted by atomic mass is 10.2. The van der Waals surface area contributed by atoms with Crippen LogP contribution in [0.4, 0.5) is 0 Å². The van der Waals surface area contributed by atoms with Crippen molar-refractivity contribution in [3.63, 3.8) is 0 Å². The highest BCUT2D eigenvalue weighted by Crippen LogP contribution is 2.13. The summed E-state index contributed by atoms with van der Waals surface area (Å²) in [6.45, 7) is 5.04. The Morgan fingerprint density at radius 2 is 1.95 bits per heavy atom. The molecule has 6 nitrogen and oxygen atoms in total. The van der Waals surface area contributed by atoms with Crippen LogP contribution in [-0.4, -0.2) is 45.7 Å². The standard InChI is InChI=1S/C16H19N3O3/c1-11-8-18(9-12(2)22-11)16(21)10-19-14-6-4-3-5-13(14)17-7-15(19)20/h3-7,11-12H,8-10H2,1-2H3/t11-,12-/m0/s1. The molecule has 116 valence electrons. The lowest BCUT2D eigenvalue weighted by Gasteiger charge is -2.35. The van der Waals surface area contributed by atoms with Crippen LogP contribution in [0.5, 0.6) is 0 Å². The zero-order chi connectivity index (χ0) is 15.7. The SMILES string of the molecule is C[C@H]1CN(C(=O)Cn2c(=O)cnc3ccccc32)C[C@H](C)O1. The summed E-state index contributed by atoms with van der Waals surface area (Å²) < 4.78 is 7.12. The zero-order valence-corrected chi connectivity index (χ0v) is 12.7. The largest absolute Gasteiger partial charge is 0.372 e. The highest BCUT2D eigenvalue weighted by atomic mass is 16.5. The van der Waals surface area contributed by atoms with Gasteiger partial charge < -0.3 is 9.64 Å². The molecule has 2 heterocycles. The summed E-state index contributed by atoms with van der Waals surface area (Å²) >= 11 is 0. The smallest absolute Gasteiger partial charge is 0.269 e. The number of rotatable bonds is 2. The van der Waals surface area contributed by atoms with E-state index in [1.54, 1.807) is 4.90 Å². The van der Waals surface area contributed by atoms with Gasteiger partial charge in [0, 0.05) is 13.1 Å². The van der Waals surface area contributed by atoms with E-state index in [0.717, 1.165) is 0 Å². The molecule has 1 saturated heterocycles. The predicted molar refractivity (Wildman–Crippen MR) is 82.6 cm³/mol. The number of hydrogen-bond donors (Lipinski definition) is 0. The van der Waals surface area contributed by atoms with Gasteiger partial charge in [-0.1, -0.05) is 12.1 Å². The number of carbonyl (C=O) groups excluding carboxylic acids is 1. The number of benzene rings is 1. The van der Waals surface area contributed by atoms with Crippen LogP contribution in [0.25, 0.3) is 11.0 Å². The minimum atomic E-state index is -0.263. The van der Waals surface area contributed by atoms with Gasteiger partial charge >= 0.3 is 0 Å². The molecule has 1 aromatic carbocycles. The maximum atomic E-state index is 12.5. The molecule has 0 N–H and O–H groups in total. The number of hydrogen-bond acceptors (Lipinski definition) is 4. The quantitative estimate of drug-likeness (QED) is 0.831. The van der Waals surface area contributed by atoms with Gasteiger partial charge in [-0.05, 0) is 26.0 Å². The van der Waals surface area contributed by atoms with Gasteiger partial charge in [0.25, 0.3) is 5.56 Å². The zero-order valence-electron chi connectivity index (χ0n) is 12.7. The number of ether oxygens (including phenoxy) is 1. The second-order valence-electron chi connectivity index (χ2n) is 5.73. The van der Waals surface area contributed by atoms with Crippen molar-refractivity contribution in [3.05, 3.63) is 40.8 Å². The third-order valence-corrected chi connectivity index (χ3v) is 3.82. The summed E-state index contributed by atoms with van der Waals surface area (Å²) in [6.07, 6.45) is 1.29. The molecule has 1 aromatic heterocycles. The second kappa shape index (κ2) is 5.88. The molecule has 0 radical (unpaired) electrons. The van der Waals surface area contributed by atoms with Crippen LogP contribution in [0.3, 0.4) is 0 Å². The van der Waals surface area contributed by atoms with E-state index < -0.39 is 0 Å². The van der Waals surface area contributed by atoms with Crippen LogP contribution < -0.4 is 5.56 Å². The fraction of sp³-hybridized carbons (Fsp3) is 0.438. The Labute approximate surface area is 128 Å². The molecule has 1 amide bonds. The van der Waals surface area contributed by atoms with Crippen molar-refractivity contribution in [2.75, 3.05) is 13.1 Å². The summed E-state index contributed by atoms with van der Waals surface area (Å²) in [5.41, 5.74) is 1.12. The number of amides is 1. The molecular formula is C16H19N3O3. The molecule has 1 fully saturated rings. The maximum Gasteiger partial charge on any atom is 0.269 e. The molecule has 0 spiro atoms. The van der Waals surface area contributed by atoms with Crippen LogP contribution in [0.15, 0.2) is 35.3 Å². The Kier molecular flexibility index (Phi) is 3.94. The number of para-hydroxylation sites is 2. The summed E-state index contributed by atoms with van der Waals surface area (Å²) in [4.78, 5) is 30.5. The molecule has 0 saturated carbocycles. The first kappa shape index (κ1) is 14.7. The number of fused-ring (bicyclic) bond motifs is 1. The van der Waals surface area contributed by atoms with E-state index in [2.05, 4.69) is 4.98 Å². The summed E-state index contributed by atoms with van der Waals surface area (Å²) in [5.74, 6) is -0.0690. The highest BCUT2D eigenvalue weighted by Gasteiger charge is 2.26. The van der Waals surface area contributed by atoms with Gasteiger partial charge in [0.15, 0.2) is 0 Å². The number of carbonyl (C=O) groups is 1. The minimum absolute atomic E-state index is 0.0126. The fourth-order valence-electron chi connectivity index (χ4n) is 2.89. The Morgan fingerprint density at radius 3 is 2.68 bits per heavy atom. The van der Waals surface area contributed by atoms with Gasteiger partial charge in [-0.15, -0.1) is 0 Å². The molecule has 1 aliphatic rings. The maximum absolute atomic E-state index is 12.5. The summed E-state index contributed by atoms with van der Waals surface area (Å²) in [7, 11) is 0. The molecule has 6 heteroatoms. The van der Waals surface area contributed by atoms with Gasteiger partial charge in [0.1, 0.15) is 6.54 Å². The Bertz CT molecular complexity index is 746. The molecule has 22 heavy (non-hydrogen) atoms. The van der Waals surface area contributed by atoms with Gasteiger partial charge in [0.05, 0.1) is 29.4 Å². The summed E-state index contributed by atoms with van der Waals surface area (Å²) in [6, 6.07) is 7.33. The average Bonchev–Trinajstić information content (AvgIpc) is 2.49. The predicted octanol–water partition coefficient (Wildman–Crippen LogP) is 1.03. The van der Waals surface area contributed by atoms with Crippen LogP contribution >= 0.6 is 0 Å². The average molecular weight is 301 g/mol. The van der Waals surface area contributed by atoms with Gasteiger partial charge in [0.2, 0.25) is 5.91 Å². The van der Waals surface area contributed by atoms with Crippen molar-refractivity contribution in [2.24, 2.45) is 0 Å². The van der Waals surface area contributed by atoms with Crippen molar-refractivity contribution in [2.45, 2.75) is 32.6 Å². The third kappa shape index (κ3) is 2.87. The highest BCUT2D eigenvalue weighted by molar-refractivity contribution is 5.80. The summed E-state index contributed by atoms with van der Waals surface area (Å²) in [5, 5.41) is 0. The number of aromatic nitrogens is 2. The molecule has 1 aliphatic heterocycles. The van der Waals surface area contributed by atoms with Crippen molar-refractivity contribution in [1.29, 1.82) is 0 Å². The van der Waals surface area contributed by atoms with Gasteiger partial charge in [-0.25, -0.2) is 4.98 Å². The van der Waals surface area contributed by atoms with E-state index in [4.69, 9.17) is 4.74 Å². The first-order chi connectivity index (χ1) is 10.5. The molecular weight excluding hydrogens is 282 g/mol. The lowest BCUT2D eigenvalue weighted by molar-refractivity contribution is -0.143. The topological polar surface area (TPSA) is 64.4 Å². The molecule has 0 aliphatic carbocycles. The molecule has 2 aromatic rings. The van der Waals surface area contributed by atoms with Crippen LogP contribution in [0.1, 0.15) is 13.8 Å². The van der Waals surface area contributed by atoms with E-state index >= 15 is 0 Å². The van der Waals surface area contributed by atoms with E-state index in [1.165, 1.54) is 10.8 Å².